The molecule has 0 atom stereocenters. The number of amides is 1. The highest BCUT2D eigenvalue weighted by Crippen LogP contribution is 2.18. The number of rotatable bonds is 8. The number of piperazine rings is 1. The van der Waals surface area contributed by atoms with E-state index in [1.807, 2.05) is 0 Å². The van der Waals surface area contributed by atoms with Gasteiger partial charge in [0.1, 0.15) is 5.82 Å². The molecule has 0 spiro atoms. The van der Waals surface area contributed by atoms with E-state index in [-0.39, 0.29) is 24.1 Å². The quantitative estimate of drug-likeness (QED) is 0.550. The van der Waals surface area contributed by atoms with Gasteiger partial charge in [-0.2, -0.15) is 0 Å². The van der Waals surface area contributed by atoms with E-state index >= 15 is 0 Å². The first-order valence-corrected chi connectivity index (χ1v) is 8.81. The van der Waals surface area contributed by atoms with E-state index in [0.29, 0.717) is 6.42 Å². The first kappa shape index (κ1) is 20.2. The monoisotopic (exact) mass is 361 g/mol. The lowest BCUT2D eigenvalue weighted by Gasteiger charge is -2.27. The summed E-state index contributed by atoms with van der Waals surface area (Å²) in [7, 11) is 0. The summed E-state index contributed by atoms with van der Waals surface area (Å²) in [5.41, 5.74) is 0. The van der Waals surface area contributed by atoms with Gasteiger partial charge in [-0.05, 0) is 37.2 Å². The Hall–Kier alpha value is -0.820. The molecular formula is C16H25ClFN3OS. The number of thioether (sulfide) groups is 1. The van der Waals surface area contributed by atoms with Crippen molar-refractivity contribution in [1.29, 1.82) is 0 Å². The molecule has 0 aromatic heterocycles. The molecule has 0 unspecified atom stereocenters. The van der Waals surface area contributed by atoms with Gasteiger partial charge in [-0.25, -0.2) is 4.39 Å². The van der Waals surface area contributed by atoms with E-state index in [4.69, 9.17) is 0 Å². The predicted octanol–water partition coefficient (Wildman–Crippen LogP) is 2.14. The second kappa shape index (κ2) is 11.7. The van der Waals surface area contributed by atoms with Crippen LogP contribution in [0.2, 0.25) is 0 Å². The van der Waals surface area contributed by atoms with Gasteiger partial charge in [0, 0.05) is 49.8 Å². The maximum atomic E-state index is 12.8. The number of benzene rings is 1. The van der Waals surface area contributed by atoms with Gasteiger partial charge in [-0.1, -0.05) is 0 Å². The van der Waals surface area contributed by atoms with Crippen LogP contribution in [0.15, 0.2) is 29.2 Å². The Morgan fingerprint density at radius 2 is 1.96 bits per heavy atom. The van der Waals surface area contributed by atoms with Gasteiger partial charge < -0.3 is 15.5 Å². The SMILES string of the molecule is Cl.O=C(CCSc1ccc(F)cc1)NCCCN1CCNCC1. The molecule has 1 aromatic carbocycles. The lowest BCUT2D eigenvalue weighted by molar-refractivity contribution is -0.120. The van der Waals surface area contributed by atoms with Crippen LogP contribution in [0.4, 0.5) is 4.39 Å². The lowest BCUT2D eigenvalue weighted by atomic mass is 10.3. The predicted molar refractivity (Wildman–Crippen MR) is 95.9 cm³/mol. The summed E-state index contributed by atoms with van der Waals surface area (Å²) in [6.07, 6.45) is 1.49. The Kier molecular flexibility index (Phi) is 10.3. The number of halogens is 2. The molecule has 1 saturated heterocycles. The molecular weight excluding hydrogens is 337 g/mol. The molecule has 0 bridgehead atoms. The van der Waals surface area contributed by atoms with Crippen LogP contribution in [0.3, 0.4) is 0 Å². The Balaban J connectivity index is 0.00000264. The van der Waals surface area contributed by atoms with Crippen LogP contribution in [-0.4, -0.2) is 55.8 Å². The smallest absolute Gasteiger partial charge is 0.220 e. The molecule has 1 aliphatic heterocycles. The largest absolute Gasteiger partial charge is 0.356 e. The van der Waals surface area contributed by atoms with Crippen LogP contribution in [-0.2, 0) is 4.79 Å². The van der Waals surface area contributed by atoms with Crippen molar-refractivity contribution >= 4 is 30.1 Å². The molecule has 0 radical (unpaired) electrons. The fourth-order valence-corrected chi connectivity index (χ4v) is 3.20. The summed E-state index contributed by atoms with van der Waals surface area (Å²) in [6, 6.07) is 6.37. The van der Waals surface area contributed by atoms with Gasteiger partial charge in [0.25, 0.3) is 0 Å². The van der Waals surface area contributed by atoms with E-state index in [9.17, 15) is 9.18 Å². The zero-order valence-electron chi connectivity index (χ0n) is 13.2. The molecule has 1 heterocycles. The zero-order chi connectivity index (χ0) is 15.6. The van der Waals surface area contributed by atoms with E-state index < -0.39 is 0 Å². The molecule has 2 rings (SSSR count). The molecule has 4 nitrogen and oxygen atoms in total. The van der Waals surface area contributed by atoms with Gasteiger partial charge in [0.2, 0.25) is 5.91 Å². The minimum absolute atomic E-state index is 0. The molecule has 1 aromatic rings. The Bertz CT molecular complexity index is 455. The maximum absolute atomic E-state index is 12.8. The van der Waals surface area contributed by atoms with Gasteiger partial charge in [0.05, 0.1) is 0 Å². The Morgan fingerprint density at radius 1 is 1.26 bits per heavy atom. The fraction of sp³-hybridized carbons (Fsp3) is 0.562. The first-order chi connectivity index (χ1) is 10.7. The minimum atomic E-state index is -0.230. The van der Waals surface area contributed by atoms with Crippen LogP contribution in [0, 0.1) is 5.82 Å². The first-order valence-electron chi connectivity index (χ1n) is 7.82. The van der Waals surface area contributed by atoms with Crippen LogP contribution in [0.25, 0.3) is 0 Å². The van der Waals surface area contributed by atoms with Crippen LogP contribution in [0.1, 0.15) is 12.8 Å². The number of nitrogens with zero attached hydrogens (tertiary/aromatic N) is 1. The van der Waals surface area contributed by atoms with Crippen molar-refractivity contribution in [3.63, 3.8) is 0 Å². The van der Waals surface area contributed by atoms with Gasteiger partial charge in [-0.3, -0.25) is 4.79 Å². The standard InChI is InChI=1S/C16H24FN3OS.ClH/c17-14-2-4-15(5-3-14)22-13-6-16(21)19-7-1-10-20-11-8-18-9-12-20;/h2-5,18H,1,6-13H2,(H,19,21);1H. The van der Waals surface area contributed by atoms with E-state index in [1.165, 1.54) is 12.1 Å². The minimum Gasteiger partial charge on any atom is -0.356 e. The highest BCUT2D eigenvalue weighted by atomic mass is 35.5. The van der Waals surface area contributed by atoms with Crippen molar-refractivity contribution in [3.8, 4) is 0 Å². The molecule has 1 fully saturated rings. The number of hydrogen-bond acceptors (Lipinski definition) is 4. The van der Waals surface area contributed by atoms with Crippen LogP contribution in [0.5, 0.6) is 0 Å². The van der Waals surface area contributed by atoms with Crippen molar-refractivity contribution in [3.05, 3.63) is 30.1 Å². The third kappa shape index (κ3) is 8.55. The third-order valence-electron chi connectivity index (χ3n) is 3.59. The summed E-state index contributed by atoms with van der Waals surface area (Å²) < 4.78 is 12.8. The summed E-state index contributed by atoms with van der Waals surface area (Å²) in [4.78, 5) is 15.1. The van der Waals surface area contributed by atoms with Gasteiger partial charge >= 0.3 is 0 Å². The average molecular weight is 362 g/mol. The van der Waals surface area contributed by atoms with Crippen molar-refractivity contribution in [2.24, 2.45) is 0 Å². The number of nitrogens with one attached hydrogen (secondary N) is 2. The molecule has 23 heavy (non-hydrogen) atoms. The maximum Gasteiger partial charge on any atom is 0.220 e. The molecule has 1 aliphatic rings. The summed E-state index contributed by atoms with van der Waals surface area (Å²) in [5.74, 6) is 0.580. The van der Waals surface area contributed by atoms with Crippen molar-refractivity contribution in [1.82, 2.24) is 15.5 Å². The second-order valence-corrected chi connectivity index (χ2v) is 6.52. The van der Waals surface area contributed by atoms with Gasteiger partial charge in [0.15, 0.2) is 0 Å². The highest BCUT2D eigenvalue weighted by molar-refractivity contribution is 7.99. The molecule has 1 amide bonds. The molecule has 7 heteroatoms. The average Bonchev–Trinajstić information content (AvgIpc) is 2.54. The normalized spacial score (nSPS) is 15.0. The zero-order valence-corrected chi connectivity index (χ0v) is 14.9. The van der Waals surface area contributed by atoms with Crippen LogP contribution >= 0.6 is 24.2 Å². The fourth-order valence-electron chi connectivity index (χ4n) is 2.35. The molecule has 0 aliphatic carbocycles. The number of carbonyl (C=O) groups is 1. The Labute approximate surface area is 148 Å². The Morgan fingerprint density at radius 3 is 2.65 bits per heavy atom. The summed E-state index contributed by atoms with van der Waals surface area (Å²) in [6.45, 7) is 6.11. The van der Waals surface area contributed by atoms with Crippen molar-refractivity contribution in [2.75, 3.05) is 45.0 Å². The van der Waals surface area contributed by atoms with Gasteiger partial charge in [-0.15, -0.1) is 24.2 Å². The third-order valence-corrected chi connectivity index (χ3v) is 4.61. The molecule has 130 valence electrons. The van der Waals surface area contributed by atoms with Crippen molar-refractivity contribution < 1.29 is 9.18 Å². The highest BCUT2D eigenvalue weighted by Gasteiger charge is 2.08. The number of hydrogen-bond donors (Lipinski definition) is 2. The summed E-state index contributed by atoms with van der Waals surface area (Å²) in [5, 5.41) is 6.29. The topological polar surface area (TPSA) is 44.4 Å². The van der Waals surface area contributed by atoms with Crippen LogP contribution < -0.4 is 10.6 Å². The number of carbonyl (C=O) groups excluding carboxylic acids is 1. The van der Waals surface area contributed by atoms with E-state index in [0.717, 1.165) is 56.3 Å². The van der Waals surface area contributed by atoms with E-state index in [2.05, 4.69) is 15.5 Å². The second-order valence-electron chi connectivity index (χ2n) is 5.35. The lowest BCUT2D eigenvalue weighted by Crippen LogP contribution is -2.44. The van der Waals surface area contributed by atoms with E-state index in [1.54, 1.807) is 23.9 Å². The summed E-state index contributed by atoms with van der Waals surface area (Å²) >= 11 is 1.58. The van der Waals surface area contributed by atoms with Crippen molar-refractivity contribution in [2.45, 2.75) is 17.7 Å². The molecule has 0 saturated carbocycles. The molecule has 2 N–H and O–H groups in total.